The van der Waals surface area contributed by atoms with E-state index in [2.05, 4.69) is 27.8 Å². The molecule has 1 fully saturated rings. The van der Waals surface area contributed by atoms with Crippen LogP contribution in [-0.4, -0.2) is 83.3 Å². The van der Waals surface area contributed by atoms with E-state index in [1.807, 2.05) is 20.8 Å². The Morgan fingerprint density at radius 2 is 1.56 bits per heavy atom. The van der Waals surface area contributed by atoms with Crippen LogP contribution in [0.2, 0.25) is 0 Å². The van der Waals surface area contributed by atoms with Crippen molar-refractivity contribution in [2.24, 2.45) is 23.2 Å². The van der Waals surface area contributed by atoms with Crippen molar-refractivity contribution in [2.45, 2.75) is 125 Å². The number of Topliss-reactive ketones (excluding diaryl/α,β-unsaturated/α-hetero) is 1. The van der Waals surface area contributed by atoms with E-state index in [4.69, 9.17) is 4.74 Å². The standard InChI is InChI=1S/C33H57N5O7/c1-13-15-22(25(39)28(41)34-16-14-2)35-27(40)23-17-21(19(3)4)18-38(23)29(42)26(32(7,8)9)37-31(44)36-24(20(5)6)30(43)45-33(10,11)12/h14,19-24,26H,2,13,15-18H2,1,3-12H3,(H,34,41)(H,35,40)(H2,36,37,44)/t21-,22?,23+,24+,26-/m1/s1. The van der Waals surface area contributed by atoms with Gasteiger partial charge in [-0.1, -0.05) is 67.9 Å². The Bertz CT molecular complexity index is 1090. The van der Waals surface area contributed by atoms with Crippen molar-refractivity contribution >= 4 is 35.5 Å². The van der Waals surface area contributed by atoms with Crippen molar-refractivity contribution in [3.63, 3.8) is 0 Å². The Labute approximate surface area is 269 Å². The molecule has 1 heterocycles. The second kappa shape index (κ2) is 16.7. The van der Waals surface area contributed by atoms with Crippen molar-refractivity contribution in [2.75, 3.05) is 13.1 Å². The zero-order chi connectivity index (χ0) is 34.9. The SMILES string of the molecule is C=CCNC(=O)C(=O)C(CCC)NC(=O)[C@@H]1C[C@@H](C(C)C)CN1C(=O)[C@@H](NC(=O)N[C@H](C(=O)OC(C)(C)C)C(C)C)C(C)(C)C. The number of likely N-dealkylation sites (tertiary alicyclic amines) is 1. The van der Waals surface area contributed by atoms with Gasteiger partial charge in [0.05, 0.1) is 6.04 Å². The van der Waals surface area contributed by atoms with Crippen LogP contribution in [0, 0.1) is 23.2 Å². The molecule has 0 bridgehead atoms. The predicted molar refractivity (Wildman–Crippen MR) is 173 cm³/mol. The summed E-state index contributed by atoms with van der Waals surface area (Å²) >= 11 is 0. The minimum absolute atomic E-state index is 0.00662. The van der Waals surface area contributed by atoms with E-state index >= 15 is 0 Å². The summed E-state index contributed by atoms with van der Waals surface area (Å²) < 4.78 is 5.48. The second-order valence-electron chi connectivity index (χ2n) is 14.6. The summed E-state index contributed by atoms with van der Waals surface area (Å²) in [5.41, 5.74) is -1.52. The number of carbonyl (C=O) groups is 6. The molecule has 0 radical (unpaired) electrons. The minimum atomic E-state index is -1.05. The molecule has 256 valence electrons. The maximum Gasteiger partial charge on any atom is 0.329 e. The fourth-order valence-electron chi connectivity index (χ4n) is 5.07. The summed E-state index contributed by atoms with van der Waals surface area (Å²) in [4.78, 5) is 80.7. The summed E-state index contributed by atoms with van der Waals surface area (Å²) in [6.07, 6.45) is 2.61. The number of carbonyl (C=O) groups excluding carboxylic acids is 6. The van der Waals surface area contributed by atoms with Gasteiger partial charge in [0.1, 0.15) is 23.7 Å². The molecule has 1 unspecified atom stereocenters. The highest BCUT2D eigenvalue weighted by Gasteiger charge is 2.46. The molecule has 12 heteroatoms. The lowest BCUT2D eigenvalue weighted by Gasteiger charge is -2.36. The Kier molecular flexibility index (Phi) is 14.7. The molecule has 45 heavy (non-hydrogen) atoms. The van der Waals surface area contributed by atoms with Gasteiger partial charge in [-0.3, -0.25) is 19.2 Å². The van der Waals surface area contributed by atoms with E-state index in [1.165, 1.54) is 11.0 Å². The first-order valence-electron chi connectivity index (χ1n) is 16.0. The van der Waals surface area contributed by atoms with E-state index < -0.39 is 70.7 Å². The monoisotopic (exact) mass is 635 g/mol. The lowest BCUT2D eigenvalue weighted by molar-refractivity contribution is -0.158. The Morgan fingerprint density at radius 1 is 0.956 bits per heavy atom. The number of urea groups is 1. The largest absolute Gasteiger partial charge is 0.458 e. The maximum absolute atomic E-state index is 14.2. The second-order valence-corrected chi connectivity index (χ2v) is 14.6. The number of rotatable bonds is 14. The van der Waals surface area contributed by atoms with E-state index in [1.54, 1.807) is 55.4 Å². The number of nitrogens with zero attached hydrogens (tertiary/aromatic N) is 1. The molecular weight excluding hydrogens is 578 g/mol. The average Bonchev–Trinajstić information content (AvgIpc) is 3.36. The number of nitrogens with one attached hydrogen (secondary N) is 4. The Hall–Kier alpha value is -3.44. The number of hydrogen-bond acceptors (Lipinski definition) is 7. The molecule has 0 aromatic rings. The number of ether oxygens (including phenoxy) is 1. The number of hydrogen-bond donors (Lipinski definition) is 4. The van der Waals surface area contributed by atoms with E-state index in [9.17, 15) is 28.8 Å². The third-order valence-electron chi connectivity index (χ3n) is 7.71. The van der Waals surface area contributed by atoms with Crippen molar-refractivity contribution in [1.29, 1.82) is 0 Å². The third kappa shape index (κ3) is 12.1. The molecular formula is C33H57N5O7. The summed E-state index contributed by atoms with van der Waals surface area (Å²) in [5.74, 6) is -3.30. The first-order chi connectivity index (χ1) is 20.6. The lowest BCUT2D eigenvalue weighted by atomic mass is 9.85. The van der Waals surface area contributed by atoms with Crippen molar-refractivity contribution in [1.82, 2.24) is 26.2 Å². The molecule has 1 aliphatic rings. The Morgan fingerprint density at radius 3 is 2.02 bits per heavy atom. The number of ketones is 1. The van der Waals surface area contributed by atoms with Crippen molar-refractivity contribution in [3.8, 4) is 0 Å². The van der Waals surface area contributed by atoms with E-state index in [-0.39, 0.29) is 37.3 Å². The zero-order valence-electron chi connectivity index (χ0n) is 29.2. The van der Waals surface area contributed by atoms with Gasteiger partial charge < -0.3 is 30.9 Å². The molecule has 1 rings (SSSR count). The maximum atomic E-state index is 14.2. The van der Waals surface area contributed by atoms with Gasteiger partial charge in [-0.25, -0.2) is 9.59 Å². The van der Waals surface area contributed by atoms with Gasteiger partial charge in [-0.05, 0) is 56.8 Å². The molecule has 0 saturated carbocycles. The topological polar surface area (TPSA) is 163 Å². The minimum Gasteiger partial charge on any atom is -0.458 e. The van der Waals surface area contributed by atoms with Crippen LogP contribution < -0.4 is 21.3 Å². The average molecular weight is 636 g/mol. The van der Waals surface area contributed by atoms with E-state index in [0.717, 1.165) is 0 Å². The molecule has 0 spiro atoms. The molecule has 5 amide bonds. The van der Waals surface area contributed by atoms with Gasteiger partial charge in [-0.15, -0.1) is 6.58 Å². The lowest BCUT2D eigenvalue weighted by Crippen LogP contribution is -2.61. The summed E-state index contributed by atoms with van der Waals surface area (Å²) in [7, 11) is 0. The summed E-state index contributed by atoms with van der Waals surface area (Å²) in [6.45, 7) is 23.9. The molecule has 0 aromatic heterocycles. The van der Waals surface area contributed by atoms with Crippen LogP contribution in [0.5, 0.6) is 0 Å². The molecule has 1 saturated heterocycles. The quantitative estimate of drug-likeness (QED) is 0.129. The highest BCUT2D eigenvalue weighted by atomic mass is 16.6. The zero-order valence-corrected chi connectivity index (χ0v) is 29.2. The predicted octanol–water partition coefficient (Wildman–Crippen LogP) is 3.10. The first-order valence-corrected chi connectivity index (χ1v) is 16.0. The summed E-state index contributed by atoms with van der Waals surface area (Å²) in [5, 5.41) is 10.6. The van der Waals surface area contributed by atoms with Crippen molar-refractivity contribution < 1.29 is 33.5 Å². The number of amides is 5. The van der Waals surface area contributed by atoms with Crippen LogP contribution >= 0.6 is 0 Å². The van der Waals surface area contributed by atoms with Crippen LogP contribution in [-0.2, 0) is 28.7 Å². The molecule has 12 nitrogen and oxygen atoms in total. The fourth-order valence-corrected chi connectivity index (χ4v) is 5.07. The van der Waals surface area contributed by atoms with Crippen molar-refractivity contribution in [3.05, 3.63) is 12.7 Å². The molecule has 5 atom stereocenters. The van der Waals surface area contributed by atoms with Gasteiger partial charge in [0.2, 0.25) is 17.6 Å². The Balaban J connectivity index is 3.29. The van der Waals surface area contributed by atoms with E-state index in [0.29, 0.717) is 12.8 Å². The van der Waals surface area contributed by atoms with Crippen LogP contribution in [0.25, 0.3) is 0 Å². The molecule has 0 aromatic carbocycles. The number of esters is 1. The van der Waals surface area contributed by atoms with Gasteiger partial charge in [0.25, 0.3) is 5.91 Å². The molecule has 0 aliphatic carbocycles. The third-order valence-corrected chi connectivity index (χ3v) is 7.71. The smallest absolute Gasteiger partial charge is 0.329 e. The van der Waals surface area contributed by atoms with Crippen LogP contribution in [0.15, 0.2) is 12.7 Å². The summed E-state index contributed by atoms with van der Waals surface area (Å²) in [6, 6.07) is -4.68. The van der Waals surface area contributed by atoms with Crippen LogP contribution in [0.4, 0.5) is 4.79 Å². The van der Waals surface area contributed by atoms with Gasteiger partial charge in [0, 0.05) is 13.1 Å². The van der Waals surface area contributed by atoms with Crippen LogP contribution in [0.1, 0.15) is 95.4 Å². The van der Waals surface area contributed by atoms with Crippen LogP contribution in [0.3, 0.4) is 0 Å². The molecule has 4 N–H and O–H groups in total. The van der Waals surface area contributed by atoms with Gasteiger partial charge >= 0.3 is 12.0 Å². The molecule has 1 aliphatic heterocycles. The highest BCUT2D eigenvalue weighted by molar-refractivity contribution is 6.38. The normalized spacial score (nSPS) is 18.9. The van der Waals surface area contributed by atoms with Gasteiger partial charge in [-0.2, -0.15) is 0 Å². The highest BCUT2D eigenvalue weighted by Crippen LogP contribution is 2.32. The first kappa shape index (κ1) is 39.6. The van der Waals surface area contributed by atoms with Gasteiger partial charge in [0.15, 0.2) is 0 Å². The fraction of sp³-hybridized carbons (Fsp3) is 0.758.